The second-order valence-electron chi connectivity index (χ2n) is 12.2. The van der Waals surface area contributed by atoms with E-state index in [-0.39, 0.29) is 24.0 Å². The number of nitrogens with two attached hydrogens (primary N) is 1. The van der Waals surface area contributed by atoms with Crippen molar-refractivity contribution in [3.05, 3.63) is 95.5 Å². The predicted octanol–water partition coefficient (Wildman–Crippen LogP) is 6.82. The highest BCUT2D eigenvalue weighted by Crippen LogP contribution is 2.36. The van der Waals surface area contributed by atoms with E-state index < -0.39 is 52.2 Å². The monoisotopic (exact) mass is 685 g/mol. The van der Waals surface area contributed by atoms with Crippen molar-refractivity contribution in [2.45, 2.75) is 67.3 Å². The summed E-state index contributed by atoms with van der Waals surface area (Å²) in [6.07, 6.45) is 2.74. The van der Waals surface area contributed by atoms with Crippen LogP contribution < -0.4 is 15.2 Å². The number of benzene rings is 4. The lowest BCUT2D eigenvalue weighted by Crippen LogP contribution is -2.60. The van der Waals surface area contributed by atoms with Crippen LogP contribution in [-0.4, -0.2) is 56.7 Å². The molecular formula is C35H35ClF3N3O4S. The van der Waals surface area contributed by atoms with Gasteiger partial charge in [0, 0.05) is 23.2 Å². The average molecular weight is 686 g/mol. The van der Waals surface area contributed by atoms with Crippen molar-refractivity contribution in [1.82, 2.24) is 9.62 Å². The molecule has 3 N–H and O–H groups in total. The lowest BCUT2D eigenvalue weighted by molar-refractivity contribution is -0.146. The number of halogens is 4. The fourth-order valence-corrected chi connectivity index (χ4v) is 7.49. The van der Waals surface area contributed by atoms with Gasteiger partial charge in [0.2, 0.25) is 15.9 Å². The smallest absolute Gasteiger partial charge is 0.298 e. The number of fused-ring (bicyclic) bond motifs is 1. The molecule has 1 aliphatic heterocycles. The first-order chi connectivity index (χ1) is 22.4. The lowest BCUT2D eigenvalue weighted by Gasteiger charge is -2.37. The molecule has 4 aromatic rings. The van der Waals surface area contributed by atoms with Gasteiger partial charge in [-0.1, -0.05) is 60.1 Å². The zero-order valence-corrected chi connectivity index (χ0v) is 27.0. The first-order valence-corrected chi connectivity index (χ1v) is 17.4. The Kier molecular flexibility index (Phi) is 9.53. The number of hydrogen-bond acceptors (Lipinski definition) is 5. The van der Waals surface area contributed by atoms with Gasteiger partial charge in [-0.3, -0.25) is 4.79 Å². The van der Waals surface area contributed by atoms with Crippen LogP contribution in [0.1, 0.15) is 37.7 Å². The first-order valence-electron chi connectivity index (χ1n) is 15.6. The molecule has 7 nitrogen and oxygen atoms in total. The molecule has 0 spiro atoms. The van der Waals surface area contributed by atoms with Crippen molar-refractivity contribution in [3.63, 3.8) is 0 Å². The molecule has 6 rings (SSSR count). The summed E-state index contributed by atoms with van der Waals surface area (Å²) in [5, 5.41) is 1.77. The molecule has 1 heterocycles. The molecule has 0 bridgehead atoms. The SMILES string of the molecule is N[C@@H]1CCN(C(=O)[C@H](NS(=O)(=O)c2ccc3cc(OC4CCCC4)ccc3c2)C(F)(F)c2ccc(-c3ccc(Cl)cc3)cc2)C[C@H]1F. The fourth-order valence-electron chi connectivity index (χ4n) is 6.14. The maximum absolute atomic E-state index is 16.4. The summed E-state index contributed by atoms with van der Waals surface area (Å²) >= 11 is 5.96. The second-order valence-corrected chi connectivity index (χ2v) is 14.4. The van der Waals surface area contributed by atoms with Crippen LogP contribution in [0.3, 0.4) is 0 Å². The number of nitrogens with zero attached hydrogens (tertiary/aromatic N) is 1. The van der Waals surface area contributed by atoms with Gasteiger partial charge in [-0.2, -0.15) is 13.5 Å². The topological polar surface area (TPSA) is 102 Å². The van der Waals surface area contributed by atoms with Crippen molar-refractivity contribution in [2.75, 3.05) is 13.1 Å². The van der Waals surface area contributed by atoms with Gasteiger partial charge in [0.25, 0.3) is 5.92 Å². The predicted molar refractivity (Wildman–Crippen MR) is 176 cm³/mol. The number of carbonyl (C=O) groups excluding carboxylic acids is 1. The number of amides is 1. The summed E-state index contributed by atoms with van der Waals surface area (Å²) in [4.78, 5) is 14.3. The number of rotatable bonds is 9. The Balaban J connectivity index is 1.30. The number of sulfonamides is 1. The highest BCUT2D eigenvalue weighted by Gasteiger charge is 2.50. The number of piperidine rings is 1. The number of ether oxygens (including phenoxy) is 1. The van der Waals surface area contributed by atoms with Crippen LogP contribution in [-0.2, 0) is 20.7 Å². The van der Waals surface area contributed by atoms with Crippen molar-refractivity contribution in [3.8, 4) is 16.9 Å². The van der Waals surface area contributed by atoms with E-state index >= 15 is 8.78 Å². The minimum Gasteiger partial charge on any atom is -0.490 e. The largest absolute Gasteiger partial charge is 0.490 e. The van der Waals surface area contributed by atoms with Gasteiger partial charge in [-0.15, -0.1) is 0 Å². The summed E-state index contributed by atoms with van der Waals surface area (Å²) in [6, 6.07) is 18.1. The number of nitrogens with one attached hydrogen (secondary N) is 1. The van der Waals surface area contributed by atoms with Crippen LogP contribution in [0.25, 0.3) is 21.9 Å². The van der Waals surface area contributed by atoms with Crippen LogP contribution in [0.5, 0.6) is 5.75 Å². The van der Waals surface area contributed by atoms with E-state index in [1.54, 1.807) is 48.5 Å². The van der Waals surface area contributed by atoms with E-state index in [9.17, 15) is 17.6 Å². The average Bonchev–Trinajstić information content (AvgIpc) is 3.58. The van der Waals surface area contributed by atoms with Crippen molar-refractivity contribution in [2.24, 2.45) is 5.73 Å². The fraction of sp³-hybridized carbons (Fsp3) is 0.343. The normalized spacial score (nSPS) is 20.0. The van der Waals surface area contributed by atoms with Gasteiger partial charge in [-0.05, 0) is 90.4 Å². The Hall–Kier alpha value is -3.64. The molecule has 4 aromatic carbocycles. The standard InChI is InChI=1S/C35H35ClF3N3O4S/c36-27-13-7-23(8-14-27)22-5-11-26(12-6-22)35(38,39)33(34(43)42-18-17-32(40)31(37)21-42)41-47(44,45)30-16-10-24-19-29(15-9-25(24)20-30)46-28-3-1-2-4-28/h5-16,19-20,28,31-33,41H,1-4,17-18,21,40H2/t31-,32-,33+/m1/s1. The van der Waals surface area contributed by atoms with Gasteiger partial charge in [0.05, 0.1) is 17.5 Å². The third-order valence-corrected chi connectivity index (χ3v) is 10.6. The van der Waals surface area contributed by atoms with Gasteiger partial charge in [-0.25, -0.2) is 12.8 Å². The Morgan fingerprint density at radius 3 is 2.19 bits per heavy atom. The Bertz CT molecular complexity index is 1850. The molecule has 1 saturated heterocycles. The van der Waals surface area contributed by atoms with E-state index in [4.69, 9.17) is 22.1 Å². The summed E-state index contributed by atoms with van der Waals surface area (Å²) in [5.74, 6) is -4.60. The number of carbonyl (C=O) groups is 1. The lowest BCUT2D eigenvalue weighted by atomic mass is 9.96. The van der Waals surface area contributed by atoms with E-state index in [0.29, 0.717) is 27.1 Å². The van der Waals surface area contributed by atoms with Crippen molar-refractivity contribution >= 4 is 38.3 Å². The van der Waals surface area contributed by atoms with Crippen LogP contribution >= 0.6 is 11.6 Å². The molecular weight excluding hydrogens is 651 g/mol. The summed E-state index contributed by atoms with van der Waals surface area (Å²) < 4.78 is 82.7. The number of alkyl halides is 3. The number of likely N-dealkylation sites (tertiary alicyclic amines) is 1. The molecule has 1 amide bonds. The Morgan fingerprint density at radius 2 is 1.53 bits per heavy atom. The molecule has 1 aliphatic carbocycles. The van der Waals surface area contributed by atoms with E-state index in [2.05, 4.69) is 0 Å². The summed E-state index contributed by atoms with van der Waals surface area (Å²) in [5.41, 5.74) is 6.50. The molecule has 12 heteroatoms. The maximum atomic E-state index is 16.4. The molecule has 0 unspecified atom stereocenters. The highest BCUT2D eigenvalue weighted by atomic mass is 35.5. The zero-order chi connectivity index (χ0) is 33.3. The molecule has 2 aliphatic rings. The molecule has 0 aromatic heterocycles. The third-order valence-electron chi connectivity index (χ3n) is 8.93. The number of hydrogen-bond donors (Lipinski definition) is 2. The first kappa shape index (κ1) is 33.3. The maximum Gasteiger partial charge on any atom is 0.298 e. The minimum absolute atomic E-state index is 0.0465. The minimum atomic E-state index is -4.67. The van der Waals surface area contributed by atoms with Gasteiger partial charge >= 0.3 is 0 Å². The van der Waals surface area contributed by atoms with E-state index in [1.165, 1.54) is 24.3 Å². The highest BCUT2D eigenvalue weighted by molar-refractivity contribution is 7.89. The molecule has 2 fully saturated rings. The van der Waals surface area contributed by atoms with Gasteiger partial charge in [0.15, 0.2) is 6.04 Å². The Morgan fingerprint density at radius 1 is 0.915 bits per heavy atom. The Labute approximate surface area is 276 Å². The molecule has 0 radical (unpaired) electrons. The molecule has 47 heavy (non-hydrogen) atoms. The molecule has 1 saturated carbocycles. The molecule has 3 atom stereocenters. The summed E-state index contributed by atoms with van der Waals surface area (Å²) in [7, 11) is -4.67. The third kappa shape index (κ3) is 7.28. The van der Waals surface area contributed by atoms with Gasteiger partial charge < -0.3 is 15.4 Å². The van der Waals surface area contributed by atoms with Crippen molar-refractivity contribution < 1.29 is 31.1 Å². The molecule has 248 valence electrons. The van der Waals surface area contributed by atoms with Crippen LogP contribution in [0.15, 0.2) is 89.8 Å². The van der Waals surface area contributed by atoms with E-state index in [0.717, 1.165) is 48.3 Å². The van der Waals surface area contributed by atoms with Crippen LogP contribution in [0, 0.1) is 0 Å². The van der Waals surface area contributed by atoms with Crippen molar-refractivity contribution in [1.29, 1.82) is 0 Å². The van der Waals surface area contributed by atoms with E-state index in [1.807, 2.05) is 4.72 Å². The quantitative estimate of drug-likeness (QED) is 0.201. The summed E-state index contributed by atoms with van der Waals surface area (Å²) in [6.45, 7) is -0.615. The van der Waals surface area contributed by atoms with Crippen LogP contribution in [0.2, 0.25) is 5.02 Å². The van der Waals surface area contributed by atoms with Gasteiger partial charge in [0.1, 0.15) is 11.9 Å². The zero-order valence-electron chi connectivity index (χ0n) is 25.4. The second kappa shape index (κ2) is 13.5. The van der Waals surface area contributed by atoms with Crippen LogP contribution in [0.4, 0.5) is 13.2 Å².